The Hall–Kier alpha value is -7.56. The molecule has 4 heteroatoms. The predicted molar refractivity (Wildman–Crippen MR) is 411 cm³/mol. The highest BCUT2D eigenvalue weighted by Gasteiger charge is 2.48. The number of aryl methyl sites for hydroxylation is 2. The summed E-state index contributed by atoms with van der Waals surface area (Å²) in [7, 11) is 0. The summed E-state index contributed by atoms with van der Waals surface area (Å²) in [6.07, 6.45) is 33.8. The third-order valence-corrected chi connectivity index (χ3v) is 20.2. The molecular formula is C92H116O4. The summed E-state index contributed by atoms with van der Waals surface area (Å²) >= 11 is 0. The number of benzene rings is 8. The number of rotatable bonds is 38. The van der Waals surface area contributed by atoms with Crippen LogP contribution in [-0.2, 0) is 10.8 Å². The van der Waals surface area contributed by atoms with Crippen LogP contribution in [0.4, 0.5) is 0 Å². The van der Waals surface area contributed by atoms with Crippen molar-refractivity contribution in [3.8, 4) is 45.3 Å². The molecule has 0 heterocycles. The van der Waals surface area contributed by atoms with Crippen LogP contribution in [0.25, 0.3) is 33.9 Å². The lowest BCUT2D eigenvalue weighted by Gasteiger charge is -2.34. The monoisotopic (exact) mass is 1280 g/mol. The van der Waals surface area contributed by atoms with E-state index in [1.54, 1.807) is 0 Å². The number of unbranched alkanes of at least 4 members (excludes halogenated alkanes) is 16. The van der Waals surface area contributed by atoms with Crippen LogP contribution < -0.4 is 18.9 Å². The molecule has 0 atom stereocenters. The first-order valence-electron chi connectivity index (χ1n) is 37.9. The molecule has 508 valence electrons. The first kappa shape index (κ1) is 72.7. The van der Waals surface area contributed by atoms with Gasteiger partial charge >= 0.3 is 0 Å². The molecule has 0 saturated carbocycles. The van der Waals surface area contributed by atoms with E-state index in [1.165, 1.54) is 216 Å². The smallest absolute Gasteiger partial charge is 0.119 e. The van der Waals surface area contributed by atoms with E-state index in [2.05, 4.69) is 251 Å². The van der Waals surface area contributed by atoms with Gasteiger partial charge in [0.25, 0.3) is 0 Å². The van der Waals surface area contributed by atoms with Crippen LogP contribution >= 0.6 is 0 Å². The van der Waals surface area contributed by atoms with Gasteiger partial charge in [-0.25, -0.2) is 0 Å². The molecule has 8 aromatic rings. The van der Waals surface area contributed by atoms with E-state index in [9.17, 15) is 0 Å². The third kappa shape index (κ3) is 17.8. The Bertz CT molecular complexity index is 3600. The molecule has 0 spiro atoms. The van der Waals surface area contributed by atoms with Crippen LogP contribution in [0.3, 0.4) is 0 Å². The van der Waals surface area contributed by atoms with Gasteiger partial charge in [-0.3, -0.25) is 0 Å². The predicted octanol–water partition coefficient (Wildman–Crippen LogP) is 26.5. The molecule has 2 aliphatic rings. The molecule has 4 nitrogen and oxygen atoms in total. The van der Waals surface area contributed by atoms with Crippen molar-refractivity contribution < 1.29 is 18.9 Å². The molecule has 96 heavy (non-hydrogen) atoms. The van der Waals surface area contributed by atoms with Crippen molar-refractivity contribution in [3.05, 3.63) is 248 Å². The number of fused-ring (bicyclic) bond motifs is 6. The normalized spacial score (nSPS) is 13.3. The van der Waals surface area contributed by atoms with Crippen LogP contribution in [0.15, 0.2) is 182 Å². The number of ether oxygens (including phenoxy) is 4. The van der Waals surface area contributed by atoms with Crippen molar-refractivity contribution in [3.63, 3.8) is 0 Å². The number of allylic oxidation sites excluding steroid dienone is 3. The number of hydrogen-bond donors (Lipinski definition) is 0. The second-order valence-corrected chi connectivity index (χ2v) is 27.6. The average Bonchev–Trinajstić information content (AvgIpc) is 1.51. The summed E-state index contributed by atoms with van der Waals surface area (Å²) < 4.78 is 24.9. The molecule has 0 unspecified atom stereocenters. The minimum absolute atomic E-state index is 0.462. The van der Waals surface area contributed by atoms with E-state index in [0.29, 0.717) is 0 Å². The zero-order valence-electron chi connectivity index (χ0n) is 60.8. The Kier molecular flexibility index (Phi) is 28.2. The first-order valence-corrected chi connectivity index (χ1v) is 37.9. The fourth-order valence-electron chi connectivity index (χ4n) is 14.9. The molecule has 10 rings (SSSR count). The molecule has 0 aromatic heterocycles. The summed E-state index contributed by atoms with van der Waals surface area (Å²) in [5.74, 6) is 3.78. The topological polar surface area (TPSA) is 36.9 Å². The van der Waals surface area contributed by atoms with Gasteiger partial charge in [0.1, 0.15) is 23.0 Å². The van der Waals surface area contributed by atoms with E-state index in [1.807, 2.05) is 0 Å². The minimum atomic E-state index is -0.464. The van der Waals surface area contributed by atoms with E-state index in [4.69, 9.17) is 18.9 Å². The zero-order chi connectivity index (χ0) is 67.5. The van der Waals surface area contributed by atoms with Gasteiger partial charge in [-0.2, -0.15) is 0 Å². The maximum Gasteiger partial charge on any atom is 0.119 e. The van der Waals surface area contributed by atoms with Crippen molar-refractivity contribution in [1.82, 2.24) is 0 Å². The summed E-state index contributed by atoms with van der Waals surface area (Å²) in [5, 5.41) is 0. The standard InChI is InChI=1S/2C46H58O2/c1-6-9-12-15-30-47-40-24-20-38(21-25-40)46(39-22-26-41(27-23-39)48-31-16-13-10-7-2)44-33-36(5)18-28-42(44)43-29-19-37(34-45(43)46)32-35(4)17-14-11-8-3;1-6-10-13-16-31-47-40-25-21-38(22-26-40)46(39-23-27-41(28-24-39)48-32-17-14-11-7-2)44-33-35(5)19-29-42(44)43-30-20-37(34-45(43)46)36(9-4)18-15-12-8-3/h18-29,32-34H,6-17,30-31H2,1-5H3;9,19-30,33-34H,6-8,10-18,31-32H2,1-5H3. The van der Waals surface area contributed by atoms with Gasteiger partial charge in [-0.15, -0.1) is 0 Å². The summed E-state index contributed by atoms with van der Waals surface area (Å²) in [6.45, 7) is 25.5. The first-order chi connectivity index (χ1) is 47.1. The molecule has 0 radical (unpaired) electrons. The van der Waals surface area contributed by atoms with Crippen LogP contribution in [-0.4, -0.2) is 26.4 Å². The van der Waals surface area contributed by atoms with Gasteiger partial charge in [0.05, 0.1) is 37.3 Å². The van der Waals surface area contributed by atoms with Crippen molar-refractivity contribution in [2.24, 2.45) is 0 Å². The summed E-state index contributed by atoms with van der Waals surface area (Å²) in [5.41, 5.74) is 22.9. The molecule has 0 aliphatic heterocycles. The molecule has 0 fully saturated rings. The Balaban J connectivity index is 0.000000225. The average molecular weight is 1290 g/mol. The van der Waals surface area contributed by atoms with Gasteiger partial charge in [0.2, 0.25) is 0 Å². The van der Waals surface area contributed by atoms with Crippen LogP contribution in [0.1, 0.15) is 276 Å². The van der Waals surface area contributed by atoms with Gasteiger partial charge < -0.3 is 18.9 Å². The zero-order valence-corrected chi connectivity index (χ0v) is 60.8. The van der Waals surface area contributed by atoms with E-state index < -0.39 is 10.8 Å². The van der Waals surface area contributed by atoms with Crippen molar-refractivity contribution in [1.29, 1.82) is 0 Å². The summed E-state index contributed by atoms with van der Waals surface area (Å²) in [4.78, 5) is 0. The van der Waals surface area contributed by atoms with Gasteiger partial charge in [0.15, 0.2) is 0 Å². The van der Waals surface area contributed by atoms with Gasteiger partial charge in [0, 0.05) is 0 Å². The third-order valence-electron chi connectivity index (χ3n) is 20.2. The molecule has 0 amide bonds. The second-order valence-electron chi connectivity index (χ2n) is 27.6. The highest BCUT2D eigenvalue weighted by atomic mass is 16.5. The fraction of sp³-hybridized carbons (Fsp3) is 0.435. The van der Waals surface area contributed by atoms with E-state index in [-0.39, 0.29) is 0 Å². The molecule has 2 aliphatic carbocycles. The van der Waals surface area contributed by atoms with Crippen LogP contribution in [0.2, 0.25) is 0 Å². The Morgan fingerprint density at radius 1 is 0.323 bits per heavy atom. The van der Waals surface area contributed by atoms with E-state index >= 15 is 0 Å². The largest absolute Gasteiger partial charge is 0.494 e. The second kappa shape index (κ2) is 37.2. The molecule has 8 aromatic carbocycles. The molecule has 0 bridgehead atoms. The SMILES string of the molecule is CC=C(CCCCC)c1ccc2c(c1)C(c1ccc(OCCCCCC)cc1)(c1ccc(OCCCCCC)cc1)c1cc(C)ccc1-2.CCCCCCOc1ccc(C2(c3ccc(OCCCCCC)cc3)c3cc(C)ccc3-c3ccc(C=C(C)CCCCC)cc32)cc1. The maximum atomic E-state index is 6.23. The minimum Gasteiger partial charge on any atom is -0.494 e. The summed E-state index contributed by atoms with van der Waals surface area (Å²) in [6, 6.07) is 64.3. The highest BCUT2D eigenvalue weighted by Crippen LogP contribution is 2.59. The Labute approximate surface area is 581 Å². The van der Waals surface area contributed by atoms with Gasteiger partial charge in [-0.05, 0) is 223 Å². The van der Waals surface area contributed by atoms with Crippen LogP contribution in [0, 0.1) is 13.8 Å². The molecule has 0 saturated heterocycles. The van der Waals surface area contributed by atoms with Crippen molar-refractivity contribution in [2.45, 2.75) is 234 Å². The molecular weight excluding hydrogens is 1170 g/mol. The van der Waals surface area contributed by atoms with E-state index in [0.717, 1.165) is 88.0 Å². The van der Waals surface area contributed by atoms with Crippen molar-refractivity contribution >= 4 is 11.6 Å². The quantitative estimate of drug-likeness (QED) is 0.0362. The van der Waals surface area contributed by atoms with Crippen molar-refractivity contribution in [2.75, 3.05) is 26.4 Å². The lowest BCUT2D eigenvalue weighted by Crippen LogP contribution is -2.28. The Morgan fingerprint density at radius 2 is 0.635 bits per heavy atom. The van der Waals surface area contributed by atoms with Crippen LogP contribution in [0.5, 0.6) is 23.0 Å². The fourth-order valence-corrected chi connectivity index (χ4v) is 14.9. The maximum absolute atomic E-state index is 6.23. The number of hydrogen-bond acceptors (Lipinski definition) is 4. The lowest BCUT2D eigenvalue weighted by molar-refractivity contribution is 0.304. The molecule has 0 N–H and O–H groups in total. The van der Waals surface area contributed by atoms with Gasteiger partial charge in [-0.1, -0.05) is 282 Å². The lowest BCUT2D eigenvalue weighted by atomic mass is 9.67. The Morgan fingerprint density at radius 3 is 0.990 bits per heavy atom. The highest BCUT2D eigenvalue weighted by molar-refractivity contribution is 5.89.